The van der Waals surface area contributed by atoms with Crippen molar-refractivity contribution in [1.82, 2.24) is 34.2 Å². The van der Waals surface area contributed by atoms with Crippen molar-refractivity contribution in [1.29, 1.82) is 5.26 Å². The van der Waals surface area contributed by atoms with Crippen LogP contribution in [0.1, 0.15) is 43.5 Å². The SMILES string of the molecule is CC(C)Sc1ccc(OC(F)F)c(-c2nn(CCC(=O)N3CCN(CCCC#N)CC3)cc2NC(=O)c2cnn3cccnc23)c1. The first-order valence-corrected chi connectivity index (χ1v) is 15.9. The quantitative estimate of drug-likeness (QED) is 0.160. The molecule has 46 heavy (non-hydrogen) atoms. The van der Waals surface area contributed by atoms with Crippen molar-refractivity contribution in [3.8, 4) is 23.1 Å². The van der Waals surface area contributed by atoms with Crippen LogP contribution >= 0.6 is 11.8 Å². The van der Waals surface area contributed by atoms with E-state index in [1.54, 1.807) is 48.6 Å². The van der Waals surface area contributed by atoms with Crippen molar-refractivity contribution in [3.05, 3.63) is 54.6 Å². The zero-order chi connectivity index (χ0) is 32.6. The Bertz CT molecular complexity index is 1710. The number of amides is 2. The van der Waals surface area contributed by atoms with Crippen LogP contribution in [0.15, 0.2) is 53.9 Å². The van der Waals surface area contributed by atoms with E-state index in [4.69, 9.17) is 10.00 Å². The molecule has 1 aromatic carbocycles. The number of aromatic nitrogens is 5. The molecule has 0 bridgehead atoms. The minimum atomic E-state index is -3.07. The molecule has 242 valence electrons. The summed E-state index contributed by atoms with van der Waals surface area (Å²) in [5, 5.41) is 20.7. The van der Waals surface area contributed by atoms with E-state index in [2.05, 4.69) is 31.5 Å². The molecule has 15 heteroatoms. The Labute approximate surface area is 269 Å². The van der Waals surface area contributed by atoms with Gasteiger partial charge in [-0.2, -0.15) is 24.2 Å². The van der Waals surface area contributed by atoms with Crippen LogP contribution < -0.4 is 10.1 Å². The lowest BCUT2D eigenvalue weighted by Crippen LogP contribution is -2.49. The Morgan fingerprint density at radius 3 is 2.72 bits per heavy atom. The van der Waals surface area contributed by atoms with E-state index in [9.17, 15) is 18.4 Å². The largest absolute Gasteiger partial charge is 0.434 e. The number of carbonyl (C=O) groups is 2. The predicted molar refractivity (Wildman–Crippen MR) is 169 cm³/mol. The molecule has 0 spiro atoms. The maximum absolute atomic E-state index is 13.5. The number of benzene rings is 1. The summed E-state index contributed by atoms with van der Waals surface area (Å²) in [5.41, 5.74) is 1.32. The van der Waals surface area contributed by atoms with Crippen molar-refractivity contribution in [2.75, 3.05) is 38.0 Å². The van der Waals surface area contributed by atoms with E-state index >= 15 is 0 Å². The molecule has 1 saturated heterocycles. The number of anilines is 1. The van der Waals surface area contributed by atoms with E-state index < -0.39 is 12.5 Å². The van der Waals surface area contributed by atoms with E-state index in [0.717, 1.165) is 31.0 Å². The average Bonchev–Trinajstić information content (AvgIpc) is 3.65. The highest BCUT2D eigenvalue weighted by Crippen LogP contribution is 2.39. The Morgan fingerprint density at radius 2 is 1.98 bits per heavy atom. The number of nitriles is 1. The van der Waals surface area contributed by atoms with Crippen LogP contribution in [0.2, 0.25) is 0 Å². The summed E-state index contributed by atoms with van der Waals surface area (Å²) in [6, 6.07) is 8.73. The zero-order valence-electron chi connectivity index (χ0n) is 25.6. The van der Waals surface area contributed by atoms with Gasteiger partial charge in [-0.1, -0.05) is 13.8 Å². The lowest BCUT2D eigenvalue weighted by Gasteiger charge is -2.34. The number of hydrogen-bond donors (Lipinski definition) is 1. The Hall–Kier alpha value is -4.55. The topological polar surface area (TPSA) is 134 Å². The van der Waals surface area contributed by atoms with E-state index in [0.29, 0.717) is 25.2 Å². The summed E-state index contributed by atoms with van der Waals surface area (Å²) in [7, 11) is 0. The fourth-order valence-corrected chi connectivity index (χ4v) is 6.09. The van der Waals surface area contributed by atoms with Gasteiger partial charge < -0.3 is 15.0 Å². The van der Waals surface area contributed by atoms with Gasteiger partial charge in [0.05, 0.1) is 18.0 Å². The van der Waals surface area contributed by atoms with Gasteiger partial charge in [0.2, 0.25) is 5.91 Å². The number of fused-ring (bicyclic) bond motifs is 1. The molecule has 0 atom stereocenters. The number of piperazine rings is 1. The molecule has 0 radical (unpaired) electrons. The number of carbonyl (C=O) groups excluding carboxylic acids is 2. The third-order valence-electron chi connectivity index (χ3n) is 7.37. The fourth-order valence-electron chi connectivity index (χ4n) is 5.21. The molecule has 4 heterocycles. The standard InChI is InChI=1S/C31H35F2N9O3S/c1-21(2)46-22-6-7-26(45-31(32)33)23(18-22)28-25(37-30(44)24-19-36-42-12-5-10-35-29(24)42)20-41(38-28)13-8-27(43)40-16-14-39(15-17-40)11-4-3-9-34/h5-7,10,12,18-21,31H,3-4,8,11,13-17H2,1-2H3,(H,37,44). The average molecular weight is 652 g/mol. The van der Waals surface area contributed by atoms with Gasteiger partial charge in [-0.15, -0.1) is 11.8 Å². The maximum atomic E-state index is 13.5. The smallest absolute Gasteiger partial charge is 0.387 e. The predicted octanol–water partition coefficient (Wildman–Crippen LogP) is 4.79. The number of ether oxygens (including phenoxy) is 1. The summed E-state index contributed by atoms with van der Waals surface area (Å²) in [6.07, 6.45) is 7.68. The monoisotopic (exact) mass is 651 g/mol. The summed E-state index contributed by atoms with van der Waals surface area (Å²) in [5.74, 6) is -0.638. The molecular weight excluding hydrogens is 616 g/mol. The van der Waals surface area contributed by atoms with Gasteiger partial charge in [0.25, 0.3) is 5.91 Å². The summed E-state index contributed by atoms with van der Waals surface area (Å²) >= 11 is 1.54. The van der Waals surface area contributed by atoms with Gasteiger partial charge in [0, 0.05) is 79.9 Å². The lowest BCUT2D eigenvalue weighted by molar-refractivity contribution is -0.133. The molecule has 1 fully saturated rings. The second-order valence-corrected chi connectivity index (χ2v) is 12.6. The number of hydrogen-bond acceptors (Lipinski definition) is 9. The Morgan fingerprint density at radius 1 is 1.17 bits per heavy atom. The van der Waals surface area contributed by atoms with Crippen LogP contribution in [0.5, 0.6) is 5.75 Å². The number of alkyl halides is 2. The van der Waals surface area contributed by atoms with Crippen LogP contribution in [-0.4, -0.2) is 90.6 Å². The van der Waals surface area contributed by atoms with Crippen LogP contribution in [0.3, 0.4) is 0 Å². The number of rotatable bonds is 13. The molecule has 2 amide bonds. The molecule has 0 saturated carbocycles. The number of thioether (sulfide) groups is 1. The second kappa shape index (κ2) is 15.2. The van der Waals surface area contributed by atoms with Crippen LogP contribution in [-0.2, 0) is 11.3 Å². The molecule has 1 N–H and O–H groups in total. The van der Waals surface area contributed by atoms with Gasteiger partial charge >= 0.3 is 6.61 Å². The summed E-state index contributed by atoms with van der Waals surface area (Å²) in [4.78, 5) is 35.7. The van der Waals surface area contributed by atoms with Gasteiger partial charge in [0.1, 0.15) is 17.0 Å². The molecule has 1 aliphatic heterocycles. The first-order valence-electron chi connectivity index (χ1n) is 15.0. The minimum absolute atomic E-state index is 0.0335. The van der Waals surface area contributed by atoms with Crippen molar-refractivity contribution in [3.63, 3.8) is 0 Å². The van der Waals surface area contributed by atoms with Gasteiger partial charge in [-0.3, -0.25) is 19.2 Å². The van der Waals surface area contributed by atoms with E-state index in [1.165, 1.54) is 21.5 Å². The van der Waals surface area contributed by atoms with Crippen molar-refractivity contribution in [2.24, 2.45) is 0 Å². The summed E-state index contributed by atoms with van der Waals surface area (Å²) < 4.78 is 34.8. The maximum Gasteiger partial charge on any atom is 0.387 e. The lowest BCUT2D eigenvalue weighted by atomic mass is 10.1. The summed E-state index contributed by atoms with van der Waals surface area (Å²) in [6.45, 7) is 4.68. The van der Waals surface area contributed by atoms with Crippen molar-refractivity contribution >= 4 is 34.9 Å². The molecular formula is C31H35F2N9O3S. The highest BCUT2D eigenvalue weighted by Gasteiger charge is 2.24. The Kier molecular flexibility index (Phi) is 10.8. The van der Waals surface area contributed by atoms with Crippen LogP contribution in [0.4, 0.5) is 14.5 Å². The fraction of sp³-hybridized carbons (Fsp3) is 0.419. The zero-order valence-corrected chi connectivity index (χ0v) is 26.4. The molecule has 12 nitrogen and oxygen atoms in total. The molecule has 1 aliphatic rings. The number of nitrogens with zero attached hydrogens (tertiary/aromatic N) is 8. The van der Waals surface area contributed by atoms with E-state index in [-0.39, 0.29) is 52.4 Å². The normalized spacial score (nSPS) is 13.8. The van der Waals surface area contributed by atoms with Gasteiger partial charge in [0.15, 0.2) is 5.65 Å². The second-order valence-electron chi connectivity index (χ2n) is 11.0. The number of unbranched alkanes of at least 4 members (excludes halogenated alkanes) is 1. The third-order valence-corrected chi connectivity index (χ3v) is 8.37. The van der Waals surface area contributed by atoms with Crippen molar-refractivity contribution in [2.45, 2.75) is 56.4 Å². The highest BCUT2D eigenvalue weighted by molar-refractivity contribution is 7.99. The van der Waals surface area contributed by atoms with Crippen molar-refractivity contribution < 1.29 is 23.1 Å². The van der Waals surface area contributed by atoms with Gasteiger partial charge in [-0.25, -0.2) is 9.50 Å². The first-order chi connectivity index (χ1) is 22.2. The Balaban J connectivity index is 1.39. The molecule has 5 rings (SSSR count). The van der Waals surface area contributed by atoms with Crippen LogP contribution in [0, 0.1) is 11.3 Å². The third kappa shape index (κ3) is 8.18. The van der Waals surface area contributed by atoms with E-state index in [1.807, 2.05) is 18.7 Å². The van der Waals surface area contributed by atoms with Crippen LogP contribution in [0.25, 0.3) is 16.9 Å². The number of aryl methyl sites for hydroxylation is 1. The first kappa shape index (κ1) is 32.8. The molecule has 0 unspecified atom stereocenters. The molecule has 3 aromatic heterocycles. The van der Waals surface area contributed by atoms with Gasteiger partial charge in [-0.05, 0) is 37.2 Å². The molecule has 4 aromatic rings. The highest BCUT2D eigenvalue weighted by atomic mass is 32.2. The molecule has 0 aliphatic carbocycles. The number of halogens is 2. The minimum Gasteiger partial charge on any atom is -0.434 e. The number of nitrogens with one attached hydrogen (secondary N) is 1.